The Bertz CT molecular complexity index is 3670. The molecule has 1 heteroatoms. The normalized spacial score (nSPS) is 13.8. The highest BCUT2D eigenvalue weighted by Gasteiger charge is 2.46. The van der Waals surface area contributed by atoms with E-state index >= 15 is 0 Å². The van der Waals surface area contributed by atoms with Crippen LogP contribution < -0.4 is 4.90 Å². The number of fused-ring (bicyclic) bond motifs is 9. The van der Waals surface area contributed by atoms with Crippen LogP contribution in [0.15, 0.2) is 249 Å². The van der Waals surface area contributed by atoms with E-state index in [2.05, 4.69) is 267 Å². The zero-order valence-electron chi connectivity index (χ0n) is 37.6. The minimum Gasteiger partial charge on any atom is -0.310 e. The van der Waals surface area contributed by atoms with Crippen LogP contribution in [0.3, 0.4) is 0 Å². The van der Waals surface area contributed by atoms with Gasteiger partial charge in [0.25, 0.3) is 0 Å². The van der Waals surface area contributed by atoms with E-state index in [1.165, 1.54) is 99.4 Å². The Hall–Kier alpha value is -8.26. The lowest BCUT2D eigenvalue weighted by Crippen LogP contribution is -2.28. The van der Waals surface area contributed by atoms with Crippen LogP contribution in [0.25, 0.3) is 66.1 Å². The highest BCUT2D eigenvalue weighted by molar-refractivity contribution is 6.09. The summed E-state index contributed by atoms with van der Waals surface area (Å²) >= 11 is 0. The fourth-order valence-electron chi connectivity index (χ4n) is 11.8. The van der Waals surface area contributed by atoms with E-state index in [9.17, 15) is 0 Å². The molecule has 0 saturated carbocycles. The predicted octanol–water partition coefficient (Wildman–Crippen LogP) is 17.5. The second-order valence-electron chi connectivity index (χ2n) is 18.8. The Labute approximate surface area is 392 Å². The molecule has 67 heavy (non-hydrogen) atoms. The molecule has 0 N–H and O–H groups in total. The van der Waals surface area contributed by atoms with Gasteiger partial charge in [0.15, 0.2) is 0 Å². The maximum absolute atomic E-state index is 2.48. The fraction of sp³-hybridized carbons (Fsp3) is 0.0606. The third-order valence-electron chi connectivity index (χ3n) is 14.9. The topological polar surface area (TPSA) is 3.24 Å². The Morgan fingerprint density at radius 3 is 1.58 bits per heavy atom. The Kier molecular flexibility index (Phi) is 8.85. The minimum atomic E-state index is -0.526. The van der Waals surface area contributed by atoms with E-state index in [-0.39, 0.29) is 5.41 Å². The van der Waals surface area contributed by atoms with E-state index in [4.69, 9.17) is 0 Å². The average molecular weight is 854 g/mol. The van der Waals surface area contributed by atoms with Gasteiger partial charge in [-0.05, 0) is 136 Å². The van der Waals surface area contributed by atoms with E-state index < -0.39 is 5.41 Å². The van der Waals surface area contributed by atoms with Crippen molar-refractivity contribution in [3.05, 3.63) is 282 Å². The molecular weight excluding hydrogens is 807 g/mol. The number of rotatable bonds is 7. The van der Waals surface area contributed by atoms with Crippen molar-refractivity contribution in [2.45, 2.75) is 24.7 Å². The van der Waals surface area contributed by atoms with Crippen LogP contribution in [-0.2, 0) is 10.8 Å². The Morgan fingerprint density at radius 1 is 0.299 bits per heavy atom. The molecule has 0 atom stereocenters. The molecule has 11 aromatic rings. The first-order valence-electron chi connectivity index (χ1n) is 23.5. The Morgan fingerprint density at radius 2 is 0.821 bits per heavy atom. The van der Waals surface area contributed by atoms with Crippen molar-refractivity contribution in [1.29, 1.82) is 0 Å². The monoisotopic (exact) mass is 853 g/mol. The lowest BCUT2D eigenvalue weighted by molar-refractivity contribution is 0.660. The summed E-state index contributed by atoms with van der Waals surface area (Å²) in [5.41, 5.74) is 20.6. The molecule has 11 aromatic carbocycles. The first-order chi connectivity index (χ1) is 33.0. The highest BCUT2D eigenvalue weighted by Crippen LogP contribution is 2.58. The average Bonchev–Trinajstić information content (AvgIpc) is 3.82. The lowest BCUT2D eigenvalue weighted by Gasteiger charge is -2.35. The molecule has 2 aliphatic carbocycles. The van der Waals surface area contributed by atoms with Crippen LogP contribution in [0.1, 0.15) is 47.2 Å². The molecule has 2 aliphatic rings. The van der Waals surface area contributed by atoms with E-state index in [1.54, 1.807) is 0 Å². The quantitative estimate of drug-likeness (QED) is 0.144. The summed E-state index contributed by atoms with van der Waals surface area (Å²) in [6, 6.07) is 92.7. The molecule has 0 unspecified atom stereocenters. The molecule has 0 heterocycles. The van der Waals surface area contributed by atoms with Crippen molar-refractivity contribution < 1.29 is 0 Å². The number of hydrogen-bond acceptors (Lipinski definition) is 1. The first-order valence-corrected chi connectivity index (χ1v) is 23.5. The summed E-state index contributed by atoms with van der Waals surface area (Å²) in [5.74, 6) is 0. The fourth-order valence-corrected chi connectivity index (χ4v) is 11.8. The third kappa shape index (κ3) is 5.94. The molecule has 0 fully saturated rings. The van der Waals surface area contributed by atoms with Gasteiger partial charge < -0.3 is 4.90 Å². The molecule has 1 nitrogen and oxygen atoms in total. The maximum atomic E-state index is 2.48. The predicted molar refractivity (Wildman–Crippen MR) is 282 cm³/mol. The molecule has 0 radical (unpaired) electrons. The van der Waals surface area contributed by atoms with Gasteiger partial charge in [-0.3, -0.25) is 0 Å². The van der Waals surface area contributed by atoms with Crippen LogP contribution in [0.4, 0.5) is 17.1 Å². The van der Waals surface area contributed by atoms with Crippen molar-refractivity contribution in [2.75, 3.05) is 4.90 Å². The van der Waals surface area contributed by atoms with Gasteiger partial charge in [-0.25, -0.2) is 0 Å². The number of anilines is 3. The number of nitrogens with zero attached hydrogens (tertiary/aromatic N) is 1. The van der Waals surface area contributed by atoms with Crippen LogP contribution in [-0.4, -0.2) is 0 Å². The van der Waals surface area contributed by atoms with Crippen molar-refractivity contribution in [1.82, 2.24) is 0 Å². The lowest BCUT2D eigenvalue weighted by atomic mass is 9.67. The van der Waals surface area contributed by atoms with Crippen molar-refractivity contribution in [2.24, 2.45) is 0 Å². The van der Waals surface area contributed by atoms with Gasteiger partial charge in [0.1, 0.15) is 0 Å². The molecule has 0 aromatic heterocycles. The maximum Gasteiger partial charge on any atom is 0.0714 e. The summed E-state index contributed by atoms with van der Waals surface area (Å²) < 4.78 is 0. The van der Waals surface area contributed by atoms with Gasteiger partial charge in [-0.15, -0.1) is 0 Å². The molecular formula is C66H47N. The highest BCUT2D eigenvalue weighted by atomic mass is 15.1. The van der Waals surface area contributed by atoms with Gasteiger partial charge in [-0.2, -0.15) is 0 Å². The Balaban J connectivity index is 1.01. The number of para-hydroxylation sites is 1. The number of benzene rings is 11. The second kappa shape index (κ2) is 15.2. The second-order valence-corrected chi connectivity index (χ2v) is 18.8. The molecule has 0 spiro atoms. The standard InChI is InChI=1S/C66H47N/c1-65(2)60-26-14-11-24-56(60)58-39-33-46(42-62(58)65)44-31-35-51(36-32-44)67(64-28-16-13-23-55(64)48-34-38-54-47(41-48)30-29-45-17-9-10-22-53(45)54)52-37-40-59-57-25-12-15-27-61(57)66(63(59)43-52,49-18-5-3-6-19-49)50-20-7-4-8-21-50/h3-43H,1-2H3. The summed E-state index contributed by atoms with van der Waals surface area (Å²) in [6.07, 6.45) is 0. The molecule has 13 rings (SSSR count). The van der Waals surface area contributed by atoms with Crippen LogP contribution in [0.2, 0.25) is 0 Å². The first kappa shape index (κ1) is 39.1. The minimum absolute atomic E-state index is 0.0692. The molecule has 0 aliphatic heterocycles. The van der Waals surface area contributed by atoms with Gasteiger partial charge in [0, 0.05) is 22.4 Å². The van der Waals surface area contributed by atoms with Crippen molar-refractivity contribution in [3.8, 4) is 44.5 Å². The molecule has 0 bridgehead atoms. The van der Waals surface area contributed by atoms with E-state index in [1.807, 2.05) is 0 Å². The summed E-state index contributed by atoms with van der Waals surface area (Å²) in [5, 5.41) is 5.03. The zero-order chi connectivity index (χ0) is 44.7. The van der Waals surface area contributed by atoms with Crippen LogP contribution >= 0.6 is 0 Å². The van der Waals surface area contributed by atoms with Gasteiger partial charge in [0.2, 0.25) is 0 Å². The largest absolute Gasteiger partial charge is 0.310 e. The van der Waals surface area contributed by atoms with E-state index in [0.29, 0.717) is 0 Å². The van der Waals surface area contributed by atoms with Gasteiger partial charge in [-0.1, -0.05) is 220 Å². The molecule has 316 valence electrons. The van der Waals surface area contributed by atoms with E-state index in [0.717, 1.165) is 17.1 Å². The summed E-state index contributed by atoms with van der Waals surface area (Å²) in [4.78, 5) is 2.48. The smallest absolute Gasteiger partial charge is 0.0714 e. The summed E-state index contributed by atoms with van der Waals surface area (Å²) in [6.45, 7) is 4.72. The molecule has 0 saturated heterocycles. The third-order valence-corrected chi connectivity index (χ3v) is 14.9. The van der Waals surface area contributed by atoms with Crippen molar-refractivity contribution >= 4 is 38.6 Å². The molecule has 0 amide bonds. The zero-order valence-corrected chi connectivity index (χ0v) is 37.6. The van der Waals surface area contributed by atoms with Gasteiger partial charge in [0.05, 0.1) is 11.1 Å². The van der Waals surface area contributed by atoms with Crippen LogP contribution in [0.5, 0.6) is 0 Å². The van der Waals surface area contributed by atoms with Crippen molar-refractivity contribution in [3.63, 3.8) is 0 Å². The van der Waals surface area contributed by atoms with Crippen LogP contribution in [0, 0.1) is 0 Å². The van der Waals surface area contributed by atoms with Gasteiger partial charge >= 0.3 is 0 Å². The summed E-state index contributed by atoms with van der Waals surface area (Å²) in [7, 11) is 0. The number of hydrogen-bond donors (Lipinski definition) is 0. The SMILES string of the molecule is CC1(C)c2ccccc2-c2ccc(-c3ccc(N(c4ccc5c(c4)C(c4ccccc4)(c4ccccc4)c4ccccc4-5)c4ccccc4-c4ccc5c(ccc6ccccc65)c4)cc3)cc21.